The van der Waals surface area contributed by atoms with Crippen LogP contribution in [0.1, 0.15) is 1.43 Å². The molecule has 1 N–H and O–H groups in total. The molecule has 0 aromatic heterocycles. The van der Waals surface area contributed by atoms with Gasteiger partial charge >= 0.3 is 8.36 Å². The summed E-state index contributed by atoms with van der Waals surface area (Å²) in [6.45, 7) is -3.09. The van der Waals surface area contributed by atoms with Crippen molar-refractivity contribution >= 4 is 34.3 Å². The topological polar surface area (TPSA) is 20.2 Å². The number of hydrogen-bond acceptors (Lipinski definition) is 1. The van der Waals surface area contributed by atoms with Crippen molar-refractivity contribution < 1.29 is 6.22 Å². The highest BCUT2D eigenvalue weighted by Crippen LogP contribution is 2.09. The summed E-state index contributed by atoms with van der Waals surface area (Å²) in [7, 11) is 0. The van der Waals surface area contributed by atoms with E-state index in [2.05, 4.69) is 0 Å². The van der Waals surface area contributed by atoms with Crippen LogP contribution in [0.4, 0.5) is 0 Å². The number of rotatable bonds is 1. The van der Waals surface area contributed by atoms with Crippen molar-refractivity contribution in [1.29, 1.82) is 0 Å². The zero-order valence-electron chi connectivity index (χ0n) is 6.09. The van der Waals surface area contributed by atoms with E-state index in [9.17, 15) is 0 Å². The molecule has 1 aromatic carbocycles. The van der Waals surface area contributed by atoms with Gasteiger partial charge in [-0.15, -0.1) is 22.2 Å². The molecule has 10 heavy (non-hydrogen) atoms. The van der Waals surface area contributed by atoms with Crippen molar-refractivity contribution in [2.24, 2.45) is 0 Å². The first-order chi connectivity index (χ1) is 4.61. The van der Waals surface area contributed by atoms with Gasteiger partial charge in [-0.3, -0.25) is 0 Å². The first kappa shape index (κ1) is 8.08. The molecular weight excluding hydrogens is 187 g/mol. The maximum absolute atomic E-state index is 9.16. The largest absolute Gasteiger partial charge is 1.00 e. The Balaban J connectivity index is 0.000001000. The van der Waals surface area contributed by atoms with Gasteiger partial charge in [-0.05, 0) is 5.19 Å². The van der Waals surface area contributed by atoms with E-state index in [1.807, 2.05) is 6.07 Å². The van der Waals surface area contributed by atoms with E-state index in [0.717, 1.165) is 0 Å². The summed E-state index contributed by atoms with van der Waals surface area (Å²) < 4.78 is 0. The Morgan fingerprint density at radius 3 is 2.00 bits per heavy atom. The van der Waals surface area contributed by atoms with Gasteiger partial charge in [-0.1, -0.05) is 30.3 Å². The summed E-state index contributed by atoms with van der Waals surface area (Å²) in [6.07, 6.45) is 0. The average molecular weight is 194 g/mol. The Bertz CT molecular complexity index is 212. The fourth-order valence-electron chi connectivity index (χ4n) is 0.639. The summed E-state index contributed by atoms with van der Waals surface area (Å²) in [6, 6.07) is 8.85. The van der Waals surface area contributed by atoms with E-state index in [1.165, 1.54) is 0 Å². The molecule has 0 spiro atoms. The normalized spacial score (nSPS) is 11.5. The second-order valence-corrected chi connectivity index (χ2v) is 7.43. The molecule has 0 aliphatic carbocycles. The third-order valence-electron chi connectivity index (χ3n) is 1.12. The number of hydrogen-bond donors (Lipinski definition) is 1. The first-order valence-electron chi connectivity index (χ1n) is 2.76. The van der Waals surface area contributed by atoms with Crippen molar-refractivity contribution in [1.82, 2.24) is 0 Å². The van der Waals surface area contributed by atoms with Crippen LogP contribution < -0.4 is 5.19 Å². The quantitative estimate of drug-likeness (QED) is 0.529. The van der Waals surface area contributed by atoms with Gasteiger partial charge in [0.15, 0.2) is 0 Å². The lowest BCUT2D eigenvalue weighted by Gasteiger charge is -2.06. The highest BCUT2D eigenvalue weighted by molar-refractivity contribution is 7.47. The third-order valence-corrected chi connectivity index (χ3v) is 3.46. The molecule has 0 heterocycles. The van der Waals surface area contributed by atoms with Crippen LogP contribution in [0.5, 0.6) is 0 Å². The summed E-state index contributed by atoms with van der Waals surface area (Å²) >= 11 is 11.0. The van der Waals surface area contributed by atoms with E-state index in [-0.39, 0.29) is 1.43 Å². The van der Waals surface area contributed by atoms with Crippen LogP contribution in [0.25, 0.3) is 0 Å². The van der Waals surface area contributed by atoms with E-state index in [0.29, 0.717) is 5.19 Å². The molecule has 0 aliphatic heterocycles. The summed E-state index contributed by atoms with van der Waals surface area (Å²) in [5.74, 6) is 0. The van der Waals surface area contributed by atoms with Crippen LogP contribution in [0.15, 0.2) is 30.3 Å². The van der Waals surface area contributed by atoms with E-state index >= 15 is 0 Å². The minimum absolute atomic E-state index is 0. The Kier molecular flexibility index (Phi) is 2.36. The molecule has 0 bridgehead atoms. The lowest BCUT2D eigenvalue weighted by atomic mass is 10.4. The van der Waals surface area contributed by atoms with Gasteiger partial charge in [-0.2, -0.15) is 0 Å². The molecule has 0 fully saturated rings. The molecule has 0 saturated heterocycles. The second-order valence-electron chi connectivity index (χ2n) is 1.91. The van der Waals surface area contributed by atoms with Crippen molar-refractivity contribution in [3.05, 3.63) is 30.3 Å². The van der Waals surface area contributed by atoms with Gasteiger partial charge in [-0.25, -0.2) is 0 Å². The molecule has 0 radical (unpaired) electrons. The van der Waals surface area contributed by atoms with Gasteiger partial charge in [0.1, 0.15) is 0 Å². The summed E-state index contributed by atoms with van der Waals surface area (Å²) in [5.41, 5.74) is 0. The lowest BCUT2D eigenvalue weighted by Crippen LogP contribution is -2.35. The summed E-state index contributed by atoms with van der Waals surface area (Å²) in [4.78, 5) is 9.16. The zero-order valence-corrected chi connectivity index (χ0v) is 7.60. The van der Waals surface area contributed by atoms with Crippen LogP contribution in [0.2, 0.25) is 0 Å². The monoisotopic (exact) mass is 193 g/mol. The number of halogens is 2. The van der Waals surface area contributed by atoms with Gasteiger partial charge < -0.3 is 4.80 Å². The zero-order chi connectivity index (χ0) is 7.61. The highest BCUT2D eigenvalue weighted by Gasteiger charge is 2.27. The smallest absolute Gasteiger partial charge is 0.405 e. The fourth-order valence-corrected chi connectivity index (χ4v) is 1.99. The SMILES string of the molecule is O[Si](Cl)(Cl)c1ccccc1.[H+]. The van der Waals surface area contributed by atoms with Crippen LogP contribution in [0.3, 0.4) is 0 Å². The average Bonchev–Trinajstić information content (AvgIpc) is 1.88. The van der Waals surface area contributed by atoms with Crippen molar-refractivity contribution in [3.8, 4) is 0 Å². The highest BCUT2D eigenvalue weighted by atomic mass is 35.7. The second kappa shape index (κ2) is 2.92. The Morgan fingerprint density at radius 2 is 1.70 bits per heavy atom. The van der Waals surface area contributed by atoms with Crippen molar-refractivity contribution in [2.75, 3.05) is 0 Å². The van der Waals surface area contributed by atoms with E-state index < -0.39 is 6.94 Å². The third kappa shape index (κ3) is 1.99. The van der Waals surface area contributed by atoms with Gasteiger partial charge in [0.25, 0.3) is 0 Å². The molecular formula is C6H7Cl2OSi+. The number of benzene rings is 1. The van der Waals surface area contributed by atoms with Crippen molar-refractivity contribution in [3.63, 3.8) is 0 Å². The van der Waals surface area contributed by atoms with E-state index in [1.54, 1.807) is 24.3 Å². The predicted molar refractivity (Wildman–Crippen MR) is 46.9 cm³/mol. The molecule has 0 aliphatic rings. The summed E-state index contributed by atoms with van der Waals surface area (Å²) in [5, 5.41) is 0.623. The predicted octanol–water partition coefficient (Wildman–Crippen LogP) is 1.41. The maximum Gasteiger partial charge on any atom is 1.00 e. The van der Waals surface area contributed by atoms with Gasteiger partial charge in [0.2, 0.25) is 0 Å². The first-order valence-corrected chi connectivity index (χ1v) is 6.73. The van der Waals surface area contributed by atoms with Crippen LogP contribution in [0, 0.1) is 0 Å². The molecule has 0 saturated carbocycles. The molecule has 54 valence electrons. The Labute approximate surface area is 71.2 Å². The minimum Gasteiger partial charge on any atom is -0.405 e. The maximum atomic E-state index is 9.16. The van der Waals surface area contributed by atoms with Crippen LogP contribution in [-0.2, 0) is 0 Å². The standard InChI is InChI=1S/C6H6Cl2OSi/c7-10(8,9)6-4-2-1-3-5-6/h1-5,9H/p+1. The minimum atomic E-state index is -3.09. The molecule has 0 unspecified atom stereocenters. The van der Waals surface area contributed by atoms with Crippen LogP contribution in [-0.4, -0.2) is 11.7 Å². The van der Waals surface area contributed by atoms with Gasteiger partial charge in [0, 0.05) is 0 Å². The molecule has 0 atom stereocenters. The molecule has 1 rings (SSSR count). The van der Waals surface area contributed by atoms with E-state index in [4.69, 9.17) is 27.0 Å². The Hall–Kier alpha value is -0.0231. The molecule has 4 heteroatoms. The van der Waals surface area contributed by atoms with Crippen LogP contribution >= 0.6 is 22.2 Å². The van der Waals surface area contributed by atoms with Gasteiger partial charge in [0.05, 0.1) is 0 Å². The molecule has 1 aromatic rings. The lowest BCUT2D eigenvalue weighted by molar-refractivity contribution is 0.598. The molecule has 1 nitrogen and oxygen atoms in total. The molecule has 0 amide bonds. The fraction of sp³-hybridized carbons (Fsp3) is 0. The Morgan fingerprint density at radius 1 is 1.20 bits per heavy atom. The van der Waals surface area contributed by atoms with Crippen molar-refractivity contribution in [2.45, 2.75) is 0 Å².